The zero-order chi connectivity index (χ0) is 16.7. The average molecular weight is 333 g/mol. The Morgan fingerprint density at radius 2 is 1.78 bits per heavy atom. The zero-order valence-corrected chi connectivity index (χ0v) is 15.4. The monoisotopic (exact) mass is 333 g/mol. The number of hydrogen-bond acceptors (Lipinski definition) is 3. The fourth-order valence-corrected chi connectivity index (χ4v) is 6.65. The number of carbonyl (C=O) groups is 1. The lowest BCUT2D eigenvalue weighted by atomic mass is 9.79. The summed E-state index contributed by atoms with van der Waals surface area (Å²) in [6.45, 7) is 6.10. The van der Waals surface area contributed by atoms with E-state index in [1.807, 2.05) is 23.9 Å². The maximum absolute atomic E-state index is 12.5. The molecule has 1 aliphatic heterocycles. The second kappa shape index (κ2) is 6.04. The molecule has 3 rings (SSSR count). The summed E-state index contributed by atoms with van der Waals surface area (Å²) >= 11 is 2.01. The number of nitrogens with zero attached hydrogens (tertiary/aromatic N) is 1. The van der Waals surface area contributed by atoms with E-state index in [0.29, 0.717) is 0 Å². The van der Waals surface area contributed by atoms with Crippen molar-refractivity contribution in [2.24, 2.45) is 0 Å². The lowest BCUT2D eigenvalue weighted by Gasteiger charge is -2.40. The lowest BCUT2D eigenvalue weighted by Crippen LogP contribution is -2.44. The molecular formula is C19H27NO2S. The fraction of sp³-hybridized carbons (Fsp3) is 0.632. The van der Waals surface area contributed by atoms with E-state index in [9.17, 15) is 4.79 Å². The highest BCUT2D eigenvalue weighted by atomic mass is 32.2. The maximum Gasteiger partial charge on any atom is 0.221 e. The van der Waals surface area contributed by atoms with E-state index in [2.05, 4.69) is 30.9 Å². The molecule has 2 aliphatic rings. The number of hydrogen-bond donors (Lipinski definition) is 0. The molecule has 1 atom stereocenters. The van der Waals surface area contributed by atoms with Crippen LogP contribution >= 0.6 is 11.8 Å². The van der Waals surface area contributed by atoms with Crippen molar-refractivity contribution in [3.05, 3.63) is 29.8 Å². The van der Waals surface area contributed by atoms with E-state index in [1.54, 1.807) is 14.0 Å². The minimum atomic E-state index is -0.159. The van der Waals surface area contributed by atoms with Gasteiger partial charge in [-0.05, 0) is 44.4 Å². The van der Waals surface area contributed by atoms with Crippen LogP contribution in [0.4, 0.5) is 0 Å². The van der Waals surface area contributed by atoms with Gasteiger partial charge < -0.3 is 9.64 Å². The van der Waals surface area contributed by atoms with Crippen LogP contribution in [0.1, 0.15) is 64.5 Å². The molecule has 1 saturated heterocycles. The Labute approximate surface area is 143 Å². The van der Waals surface area contributed by atoms with Gasteiger partial charge in [0.1, 0.15) is 5.75 Å². The second-order valence-electron chi connectivity index (χ2n) is 7.24. The van der Waals surface area contributed by atoms with Gasteiger partial charge in [-0.3, -0.25) is 4.79 Å². The van der Waals surface area contributed by atoms with Crippen LogP contribution in [0.3, 0.4) is 0 Å². The predicted molar refractivity (Wildman–Crippen MR) is 95.7 cm³/mol. The number of amides is 1. The summed E-state index contributed by atoms with van der Waals surface area (Å²) < 4.78 is 5.45. The molecule has 1 saturated carbocycles. The van der Waals surface area contributed by atoms with E-state index < -0.39 is 0 Å². The number of rotatable bonds is 2. The van der Waals surface area contributed by atoms with Gasteiger partial charge in [-0.2, -0.15) is 0 Å². The van der Waals surface area contributed by atoms with Crippen LogP contribution in [-0.4, -0.2) is 27.5 Å². The third-order valence-electron chi connectivity index (χ3n) is 5.26. The van der Waals surface area contributed by atoms with E-state index in [1.165, 1.54) is 37.7 Å². The third-order valence-corrected chi connectivity index (χ3v) is 6.99. The topological polar surface area (TPSA) is 29.5 Å². The van der Waals surface area contributed by atoms with Crippen LogP contribution in [0, 0.1) is 0 Å². The Hall–Kier alpha value is -1.16. The third kappa shape index (κ3) is 2.86. The quantitative estimate of drug-likeness (QED) is 0.781. The van der Waals surface area contributed by atoms with E-state index >= 15 is 0 Å². The fourth-order valence-electron chi connectivity index (χ4n) is 4.47. The zero-order valence-electron chi connectivity index (χ0n) is 14.6. The van der Waals surface area contributed by atoms with Gasteiger partial charge in [0.15, 0.2) is 0 Å². The van der Waals surface area contributed by atoms with Gasteiger partial charge in [0.2, 0.25) is 5.91 Å². The van der Waals surface area contributed by atoms with Gasteiger partial charge >= 0.3 is 0 Å². The van der Waals surface area contributed by atoms with Crippen LogP contribution in [0.5, 0.6) is 5.75 Å². The summed E-state index contributed by atoms with van der Waals surface area (Å²) in [4.78, 5) is 14.4. The molecule has 1 amide bonds. The van der Waals surface area contributed by atoms with Crippen molar-refractivity contribution >= 4 is 17.7 Å². The summed E-state index contributed by atoms with van der Waals surface area (Å²) in [6.07, 6.45) is 6.24. The first-order chi connectivity index (χ1) is 10.9. The van der Waals surface area contributed by atoms with Gasteiger partial charge in [0.25, 0.3) is 0 Å². The van der Waals surface area contributed by atoms with Gasteiger partial charge in [-0.25, -0.2) is 0 Å². The molecule has 1 aliphatic carbocycles. The molecule has 4 heteroatoms. The largest absolute Gasteiger partial charge is 0.497 e. The minimum Gasteiger partial charge on any atom is -0.497 e. The normalized spacial score (nSPS) is 25.6. The predicted octanol–water partition coefficient (Wildman–Crippen LogP) is 4.77. The van der Waals surface area contributed by atoms with Gasteiger partial charge in [-0.1, -0.05) is 31.4 Å². The van der Waals surface area contributed by atoms with Crippen molar-refractivity contribution in [2.45, 2.75) is 68.5 Å². The van der Waals surface area contributed by atoms with Crippen molar-refractivity contribution in [3.63, 3.8) is 0 Å². The molecule has 1 spiro atoms. The first-order valence-corrected chi connectivity index (χ1v) is 9.35. The molecule has 1 heterocycles. The van der Waals surface area contributed by atoms with Crippen LogP contribution in [0.15, 0.2) is 24.3 Å². The summed E-state index contributed by atoms with van der Waals surface area (Å²) in [5.74, 6) is 1.04. The maximum atomic E-state index is 12.5. The van der Waals surface area contributed by atoms with Gasteiger partial charge in [0, 0.05) is 11.7 Å². The number of carbonyl (C=O) groups excluding carboxylic acids is 1. The van der Waals surface area contributed by atoms with Crippen LogP contribution in [0.2, 0.25) is 0 Å². The summed E-state index contributed by atoms with van der Waals surface area (Å²) in [7, 11) is 1.69. The molecule has 1 unspecified atom stereocenters. The summed E-state index contributed by atoms with van der Waals surface area (Å²) in [5.41, 5.74) is 1.24. The smallest absolute Gasteiger partial charge is 0.221 e. The van der Waals surface area contributed by atoms with E-state index in [-0.39, 0.29) is 21.6 Å². The molecule has 3 nitrogen and oxygen atoms in total. The Bertz CT molecular complexity index is 576. The van der Waals surface area contributed by atoms with Crippen LogP contribution in [-0.2, 0) is 4.79 Å². The molecule has 0 bridgehead atoms. The first-order valence-electron chi connectivity index (χ1n) is 8.54. The van der Waals surface area contributed by atoms with Crippen molar-refractivity contribution in [1.29, 1.82) is 0 Å². The molecule has 1 aromatic carbocycles. The number of ether oxygens (including phenoxy) is 1. The highest BCUT2D eigenvalue weighted by Gasteiger charge is 2.57. The molecule has 23 heavy (non-hydrogen) atoms. The molecule has 0 aromatic heterocycles. The molecule has 0 N–H and O–H groups in total. The van der Waals surface area contributed by atoms with Crippen molar-refractivity contribution in [1.82, 2.24) is 4.90 Å². The lowest BCUT2D eigenvalue weighted by molar-refractivity contribution is -0.134. The standard InChI is InChI=1S/C19H27NO2S/c1-14(21)20-17(15-8-10-16(22-4)11-9-15)19(23-18(20,2)3)12-6-5-7-13-19/h8-11,17H,5-7,12-13H2,1-4H3. The van der Waals surface area contributed by atoms with Gasteiger partial charge in [0.05, 0.1) is 18.0 Å². The Morgan fingerprint density at radius 3 is 2.30 bits per heavy atom. The number of thioether (sulfide) groups is 1. The Balaban J connectivity index is 2.06. The number of methoxy groups -OCH3 is 1. The Kier molecular flexibility index (Phi) is 4.39. The molecule has 1 aromatic rings. The highest BCUT2D eigenvalue weighted by Crippen LogP contribution is 2.62. The van der Waals surface area contributed by atoms with Crippen LogP contribution in [0.25, 0.3) is 0 Å². The summed E-state index contributed by atoms with van der Waals surface area (Å²) in [6, 6.07) is 8.46. The first kappa shape index (κ1) is 16.7. The van der Waals surface area contributed by atoms with E-state index in [4.69, 9.17) is 4.74 Å². The molecule has 2 fully saturated rings. The van der Waals surface area contributed by atoms with Gasteiger partial charge in [-0.15, -0.1) is 11.8 Å². The number of benzene rings is 1. The Morgan fingerprint density at radius 1 is 1.17 bits per heavy atom. The molecular weight excluding hydrogens is 306 g/mol. The van der Waals surface area contributed by atoms with E-state index in [0.717, 1.165) is 5.75 Å². The summed E-state index contributed by atoms with van der Waals surface area (Å²) in [5, 5.41) is 0. The molecule has 0 radical (unpaired) electrons. The SMILES string of the molecule is COc1ccc(C2N(C(C)=O)C(C)(C)SC23CCCCC3)cc1. The molecule has 126 valence electrons. The van der Waals surface area contributed by atoms with Crippen molar-refractivity contribution < 1.29 is 9.53 Å². The van der Waals surface area contributed by atoms with Crippen molar-refractivity contribution in [3.8, 4) is 5.75 Å². The average Bonchev–Trinajstić information content (AvgIpc) is 2.74. The minimum absolute atomic E-state index is 0.155. The highest BCUT2D eigenvalue weighted by molar-refractivity contribution is 8.02. The second-order valence-corrected chi connectivity index (χ2v) is 9.26. The van der Waals surface area contributed by atoms with Crippen molar-refractivity contribution in [2.75, 3.05) is 7.11 Å². The van der Waals surface area contributed by atoms with Crippen LogP contribution < -0.4 is 4.74 Å².